The van der Waals surface area contributed by atoms with Crippen LogP contribution in [0.3, 0.4) is 0 Å². The zero-order valence-electron chi connectivity index (χ0n) is 11.6. The summed E-state index contributed by atoms with van der Waals surface area (Å²) in [5, 5.41) is 12.6. The van der Waals surface area contributed by atoms with Gasteiger partial charge in [-0.2, -0.15) is 0 Å². The summed E-state index contributed by atoms with van der Waals surface area (Å²) < 4.78 is 0.941. The number of halogens is 2. The minimum atomic E-state index is -1.23. The van der Waals surface area contributed by atoms with Gasteiger partial charge < -0.3 is 9.90 Å². The van der Waals surface area contributed by atoms with Gasteiger partial charge in [-0.1, -0.05) is 45.7 Å². The van der Waals surface area contributed by atoms with Crippen molar-refractivity contribution < 1.29 is 9.90 Å². The first kappa shape index (κ1) is 15.0. The molecule has 0 aliphatic carbocycles. The smallest absolute Gasteiger partial charge is 0.0760 e. The Labute approximate surface area is 140 Å². The van der Waals surface area contributed by atoms with Crippen LogP contribution in [0.25, 0.3) is 22.2 Å². The Morgan fingerprint density at radius 2 is 1.86 bits per heavy atom. The molecule has 0 radical (unpaired) electrons. The van der Waals surface area contributed by atoms with E-state index in [2.05, 4.69) is 20.9 Å². The van der Waals surface area contributed by atoms with Gasteiger partial charge in [0.05, 0.1) is 17.2 Å². The summed E-state index contributed by atoms with van der Waals surface area (Å²) in [7, 11) is 0. The van der Waals surface area contributed by atoms with Crippen LogP contribution < -0.4 is 5.11 Å². The lowest BCUT2D eigenvalue weighted by atomic mass is 10.0. The molecule has 0 aliphatic rings. The van der Waals surface area contributed by atoms with Crippen molar-refractivity contribution in [3.05, 3.63) is 63.1 Å². The van der Waals surface area contributed by atoms with E-state index in [-0.39, 0.29) is 5.56 Å². The minimum Gasteiger partial charge on any atom is -0.545 e. The van der Waals surface area contributed by atoms with Gasteiger partial charge in [0.2, 0.25) is 0 Å². The lowest BCUT2D eigenvalue weighted by molar-refractivity contribution is -0.254. The Bertz CT molecular complexity index is 891. The van der Waals surface area contributed by atoms with Crippen molar-refractivity contribution >= 4 is 44.4 Å². The van der Waals surface area contributed by atoms with Crippen molar-refractivity contribution in [3.63, 3.8) is 0 Å². The van der Waals surface area contributed by atoms with E-state index in [0.717, 1.165) is 15.6 Å². The zero-order chi connectivity index (χ0) is 15.9. The maximum atomic E-state index is 11.5. The molecule has 0 aliphatic heterocycles. The van der Waals surface area contributed by atoms with E-state index in [1.54, 1.807) is 12.1 Å². The van der Waals surface area contributed by atoms with E-state index >= 15 is 0 Å². The number of aryl methyl sites for hydroxylation is 1. The maximum Gasteiger partial charge on any atom is 0.0760 e. The predicted molar refractivity (Wildman–Crippen MR) is 89.0 cm³/mol. The molecule has 5 heteroatoms. The highest BCUT2D eigenvalue weighted by Crippen LogP contribution is 2.30. The molecule has 2 aromatic carbocycles. The van der Waals surface area contributed by atoms with Crippen LogP contribution in [0.2, 0.25) is 5.02 Å². The van der Waals surface area contributed by atoms with Gasteiger partial charge in [-0.3, -0.25) is 0 Å². The molecule has 0 saturated heterocycles. The second-order valence-corrected chi connectivity index (χ2v) is 6.24. The number of benzene rings is 2. The van der Waals surface area contributed by atoms with Crippen LogP contribution >= 0.6 is 27.5 Å². The Kier molecular flexibility index (Phi) is 3.89. The van der Waals surface area contributed by atoms with Crippen molar-refractivity contribution in [3.8, 4) is 11.3 Å². The average Bonchev–Trinajstić information content (AvgIpc) is 2.51. The number of hydrogen-bond donors (Lipinski definition) is 0. The van der Waals surface area contributed by atoms with Crippen molar-refractivity contribution in [1.29, 1.82) is 0 Å². The standard InChI is InChI=1S/C17H11BrClNO2/c1-9-14(19)7-6-12-13(17(21)22)8-15(20-16(9)12)10-2-4-11(18)5-3-10/h2-8H,1H3,(H,21,22)/p-1. The molecule has 110 valence electrons. The van der Waals surface area contributed by atoms with E-state index in [1.165, 1.54) is 6.07 Å². The normalized spacial score (nSPS) is 10.9. The third-order valence-electron chi connectivity index (χ3n) is 3.53. The molecule has 1 aromatic heterocycles. The number of aromatic carboxylic acids is 1. The molecular formula is C17H10BrClNO2-. The third-order valence-corrected chi connectivity index (χ3v) is 4.47. The zero-order valence-corrected chi connectivity index (χ0v) is 13.9. The van der Waals surface area contributed by atoms with E-state index in [1.807, 2.05) is 31.2 Å². The van der Waals surface area contributed by atoms with Crippen molar-refractivity contribution in [2.75, 3.05) is 0 Å². The van der Waals surface area contributed by atoms with Crippen LogP contribution in [-0.4, -0.2) is 11.0 Å². The summed E-state index contributed by atoms with van der Waals surface area (Å²) in [6, 6.07) is 12.4. The first-order valence-electron chi connectivity index (χ1n) is 6.54. The van der Waals surface area contributed by atoms with E-state index in [9.17, 15) is 9.90 Å². The van der Waals surface area contributed by atoms with E-state index in [4.69, 9.17) is 11.6 Å². The number of fused-ring (bicyclic) bond motifs is 1. The van der Waals surface area contributed by atoms with Crippen molar-refractivity contribution in [1.82, 2.24) is 4.98 Å². The number of carbonyl (C=O) groups is 1. The van der Waals surface area contributed by atoms with E-state index in [0.29, 0.717) is 21.6 Å². The molecule has 3 nitrogen and oxygen atoms in total. The average molecular weight is 376 g/mol. The van der Waals surface area contributed by atoms with Crippen LogP contribution in [-0.2, 0) is 0 Å². The lowest BCUT2D eigenvalue weighted by Crippen LogP contribution is -2.22. The van der Waals surface area contributed by atoms with Crippen LogP contribution in [0.15, 0.2) is 46.9 Å². The summed E-state index contributed by atoms with van der Waals surface area (Å²) in [5.74, 6) is -1.23. The van der Waals surface area contributed by atoms with Crippen LogP contribution in [0.5, 0.6) is 0 Å². The van der Waals surface area contributed by atoms with Gasteiger partial charge >= 0.3 is 0 Å². The Balaban J connectivity index is 2.35. The first-order valence-corrected chi connectivity index (χ1v) is 7.71. The SMILES string of the molecule is Cc1c(Cl)ccc2c(C(=O)[O-])cc(-c3ccc(Br)cc3)nc12. The molecule has 3 rings (SSSR count). The number of aromatic nitrogens is 1. The summed E-state index contributed by atoms with van der Waals surface area (Å²) in [6.45, 7) is 1.82. The molecule has 0 saturated carbocycles. The van der Waals surface area contributed by atoms with Gasteiger partial charge in [-0.25, -0.2) is 4.98 Å². The number of carboxylic acid groups (broad SMARTS) is 1. The minimum absolute atomic E-state index is 0.114. The molecule has 0 spiro atoms. The highest BCUT2D eigenvalue weighted by molar-refractivity contribution is 9.10. The Morgan fingerprint density at radius 1 is 1.18 bits per heavy atom. The molecule has 0 fully saturated rings. The number of carbonyl (C=O) groups excluding carboxylic acids is 1. The van der Waals surface area contributed by atoms with Gasteiger partial charge in [0.1, 0.15) is 0 Å². The van der Waals surface area contributed by atoms with Gasteiger partial charge in [-0.05, 0) is 36.8 Å². The molecule has 0 atom stereocenters. The highest BCUT2D eigenvalue weighted by Gasteiger charge is 2.12. The molecule has 0 amide bonds. The second kappa shape index (κ2) is 5.71. The molecule has 0 unspecified atom stereocenters. The van der Waals surface area contributed by atoms with Crippen LogP contribution in [0.4, 0.5) is 0 Å². The summed E-state index contributed by atoms with van der Waals surface area (Å²) in [6.07, 6.45) is 0. The largest absolute Gasteiger partial charge is 0.545 e. The Hall–Kier alpha value is -1.91. The Morgan fingerprint density at radius 3 is 2.50 bits per heavy atom. The van der Waals surface area contributed by atoms with Crippen LogP contribution in [0.1, 0.15) is 15.9 Å². The number of carboxylic acids is 1. The number of hydrogen-bond acceptors (Lipinski definition) is 3. The van der Waals surface area contributed by atoms with Gasteiger partial charge in [0, 0.05) is 26.0 Å². The fraction of sp³-hybridized carbons (Fsp3) is 0.0588. The third kappa shape index (κ3) is 2.60. The van der Waals surface area contributed by atoms with Crippen LogP contribution in [0, 0.1) is 6.92 Å². The fourth-order valence-corrected chi connectivity index (χ4v) is 2.76. The molecule has 3 aromatic rings. The molecule has 1 heterocycles. The lowest BCUT2D eigenvalue weighted by Gasteiger charge is -2.13. The molecule has 22 heavy (non-hydrogen) atoms. The van der Waals surface area contributed by atoms with Gasteiger partial charge in [0.25, 0.3) is 0 Å². The van der Waals surface area contributed by atoms with Gasteiger partial charge in [0.15, 0.2) is 0 Å². The summed E-state index contributed by atoms with van der Waals surface area (Å²) >= 11 is 9.50. The molecule has 0 N–H and O–H groups in total. The van der Waals surface area contributed by atoms with Crippen molar-refractivity contribution in [2.24, 2.45) is 0 Å². The number of rotatable bonds is 2. The predicted octanol–water partition coefficient (Wildman–Crippen LogP) is 3.99. The first-order chi connectivity index (χ1) is 10.5. The molecule has 0 bridgehead atoms. The summed E-state index contributed by atoms with van der Waals surface area (Å²) in [5.41, 5.74) is 2.84. The highest BCUT2D eigenvalue weighted by atomic mass is 79.9. The maximum absolute atomic E-state index is 11.5. The fourth-order valence-electron chi connectivity index (χ4n) is 2.34. The van der Waals surface area contributed by atoms with Crippen molar-refractivity contribution in [2.45, 2.75) is 6.92 Å². The van der Waals surface area contributed by atoms with Gasteiger partial charge in [-0.15, -0.1) is 0 Å². The summed E-state index contributed by atoms with van der Waals surface area (Å²) in [4.78, 5) is 16.1. The topological polar surface area (TPSA) is 53.0 Å². The monoisotopic (exact) mass is 374 g/mol. The number of nitrogens with zero attached hydrogens (tertiary/aromatic N) is 1. The quantitative estimate of drug-likeness (QED) is 0.680. The second-order valence-electron chi connectivity index (χ2n) is 4.92. The van der Waals surface area contributed by atoms with E-state index < -0.39 is 5.97 Å². The molecular weight excluding hydrogens is 366 g/mol. The number of pyridine rings is 1.